The molecule has 0 saturated carbocycles. The highest BCUT2D eigenvalue weighted by Gasteiger charge is 2.32. The maximum absolute atomic E-state index is 12.9. The van der Waals surface area contributed by atoms with Crippen LogP contribution in [0.4, 0.5) is 13.2 Å². The average Bonchev–Trinajstić information content (AvgIpc) is 2.62. The molecular formula is C19H18F3NO3. The Labute approximate surface area is 148 Å². The van der Waals surface area contributed by atoms with E-state index in [-0.39, 0.29) is 12.3 Å². The van der Waals surface area contributed by atoms with Crippen LogP contribution in [0.3, 0.4) is 0 Å². The van der Waals surface area contributed by atoms with Gasteiger partial charge in [-0.15, -0.1) is 0 Å². The monoisotopic (exact) mass is 365 g/mol. The van der Waals surface area contributed by atoms with Crippen LogP contribution < -0.4 is 14.8 Å². The molecule has 1 amide bonds. The maximum atomic E-state index is 12.9. The first kappa shape index (κ1) is 18.1. The highest BCUT2D eigenvalue weighted by molar-refractivity contribution is 5.86. The number of hydrogen-bond acceptors (Lipinski definition) is 3. The molecule has 0 spiro atoms. The summed E-state index contributed by atoms with van der Waals surface area (Å²) in [6.07, 6.45) is -4.25. The zero-order valence-electron chi connectivity index (χ0n) is 14.3. The number of fused-ring (bicyclic) bond motifs is 1. The van der Waals surface area contributed by atoms with Crippen LogP contribution in [0.2, 0.25) is 0 Å². The number of hydrogen-bond donors (Lipinski definition) is 1. The van der Waals surface area contributed by atoms with Crippen LogP contribution in [0.5, 0.6) is 11.5 Å². The van der Waals surface area contributed by atoms with Crippen LogP contribution in [0, 0.1) is 0 Å². The summed E-state index contributed by atoms with van der Waals surface area (Å²) in [5.41, 5.74) is 1.32. The van der Waals surface area contributed by atoms with Gasteiger partial charge in [0, 0.05) is 6.54 Å². The largest absolute Gasteiger partial charge is 0.493 e. The summed E-state index contributed by atoms with van der Waals surface area (Å²) in [5.74, 6) is 0.208. The average molecular weight is 365 g/mol. The lowest BCUT2D eigenvalue weighted by molar-refractivity contribution is -0.137. The molecule has 0 aromatic heterocycles. The van der Waals surface area contributed by atoms with Gasteiger partial charge in [0.2, 0.25) is 5.91 Å². The van der Waals surface area contributed by atoms with Gasteiger partial charge in [-0.05, 0) is 41.3 Å². The van der Waals surface area contributed by atoms with E-state index in [4.69, 9.17) is 9.47 Å². The van der Waals surface area contributed by atoms with E-state index in [9.17, 15) is 18.0 Å². The van der Waals surface area contributed by atoms with Crippen LogP contribution in [0.25, 0.3) is 0 Å². The van der Waals surface area contributed by atoms with E-state index >= 15 is 0 Å². The van der Waals surface area contributed by atoms with E-state index < -0.39 is 17.7 Å². The van der Waals surface area contributed by atoms with Gasteiger partial charge in [0.15, 0.2) is 11.5 Å². The van der Waals surface area contributed by atoms with Crippen molar-refractivity contribution in [3.8, 4) is 11.5 Å². The fourth-order valence-corrected chi connectivity index (χ4v) is 3.17. The smallest absolute Gasteiger partial charge is 0.416 e. The molecule has 0 fully saturated rings. The zero-order chi connectivity index (χ0) is 18.9. The highest BCUT2D eigenvalue weighted by Crippen LogP contribution is 2.37. The Kier molecular flexibility index (Phi) is 4.80. The van der Waals surface area contributed by atoms with Gasteiger partial charge in [-0.1, -0.05) is 18.2 Å². The number of rotatable bonds is 4. The maximum Gasteiger partial charge on any atom is 0.416 e. The molecule has 7 heteroatoms. The lowest BCUT2D eigenvalue weighted by Crippen LogP contribution is -2.35. The first-order valence-corrected chi connectivity index (χ1v) is 8.02. The summed E-state index contributed by atoms with van der Waals surface area (Å²) in [7, 11) is 3.01. The van der Waals surface area contributed by atoms with E-state index in [0.29, 0.717) is 23.6 Å². The summed E-state index contributed by atoms with van der Waals surface area (Å²) >= 11 is 0. The van der Waals surface area contributed by atoms with Gasteiger partial charge in [-0.3, -0.25) is 4.79 Å². The fraction of sp³-hybridized carbons (Fsp3) is 0.316. The molecule has 1 heterocycles. The van der Waals surface area contributed by atoms with Crippen molar-refractivity contribution < 1.29 is 27.4 Å². The SMILES string of the molecule is COc1cc2c(cc1OC)C(Cc1cccc(C(F)(F)F)c1)C(=O)NC2. The van der Waals surface area contributed by atoms with Gasteiger partial charge in [0.1, 0.15) is 0 Å². The van der Waals surface area contributed by atoms with E-state index in [1.165, 1.54) is 20.3 Å². The second-order valence-electron chi connectivity index (χ2n) is 6.08. The topological polar surface area (TPSA) is 47.6 Å². The predicted molar refractivity (Wildman–Crippen MR) is 89.3 cm³/mol. The van der Waals surface area contributed by atoms with E-state index in [1.54, 1.807) is 18.2 Å². The van der Waals surface area contributed by atoms with Crippen molar-refractivity contribution in [2.24, 2.45) is 0 Å². The van der Waals surface area contributed by atoms with Crippen LogP contribution in [0.15, 0.2) is 36.4 Å². The minimum atomic E-state index is -4.42. The fourth-order valence-electron chi connectivity index (χ4n) is 3.17. The van der Waals surface area contributed by atoms with Gasteiger partial charge in [0.25, 0.3) is 0 Å². The molecule has 1 N–H and O–H groups in total. The molecule has 1 aliphatic rings. The quantitative estimate of drug-likeness (QED) is 0.899. The van der Waals surface area contributed by atoms with Crippen molar-refractivity contribution in [3.05, 3.63) is 58.7 Å². The molecule has 138 valence electrons. The third-order valence-electron chi connectivity index (χ3n) is 4.48. The Balaban J connectivity index is 1.98. The van der Waals surface area contributed by atoms with Crippen molar-refractivity contribution in [2.75, 3.05) is 14.2 Å². The van der Waals surface area contributed by atoms with Crippen LogP contribution in [-0.4, -0.2) is 20.1 Å². The molecule has 0 radical (unpaired) electrons. The second kappa shape index (κ2) is 6.90. The molecule has 2 aromatic rings. The number of carbonyl (C=O) groups excluding carboxylic acids is 1. The summed E-state index contributed by atoms with van der Waals surface area (Å²) in [6.45, 7) is 0.341. The molecule has 3 rings (SSSR count). The van der Waals surface area contributed by atoms with Crippen molar-refractivity contribution >= 4 is 5.91 Å². The lowest BCUT2D eigenvalue weighted by Gasteiger charge is -2.27. The van der Waals surface area contributed by atoms with Crippen LogP contribution >= 0.6 is 0 Å². The molecular weight excluding hydrogens is 347 g/mol. The Hall–Kier alpha value is -2.70. The Bertz CT molecular complexity index is 833. The molecule has 1 aliphatic heterocycles. The number of nitrogens with one attached hydrogen (secondary N) is 1. The summed E-state index contributed by atoms with van der Waals surface area (Å²) in [5, 5.41) is 2.78. The molecule has 0 saturated heterocycles. The summed E-state index contributed by atoms with van der Waals surface area (Å²) < 4.78 is 49.4. The standard InChI is InChI=1S/C19H18F3NO3/c1-25-16-8-12-10-23-18(24)15(14(12)9-17(16)26-2)7-11-4-3-5-13(6-11)19(20,21)22/h3-6,8-9,15H,7,10H2,1-2H3,(H,23,24). The molecule has 0 aliphatic carbocycles. The third-order valence-corrected chi connectivity index (χ3v) is 4.48. The van der Waals surface area contributed by atoms with Gasteiger partial charge in [-0.25, -0.2) is 0 Å². The van der Waals surface area contributed by atoms with Crippen molar-refractivity contribution in [3.63, 3.8) is 0 Å². The first-order chi connectivity index (χ1) is 12.3. The van der Waals surface area contributed by atoms with E-state index in [1.807, 2.05) is 0 Å². The molecule has 26 heavy (non-hydrogen) atoms. The Morgan fingerprint density at radius 3 is 2.46 bits per heavy atom. The number of carbonyl (C=O) groups is 1. The molecule has 1 atom stereocenters. The van der Waals surface area contributed by atoms with Gasteiger partial charge < -0.3 is 14.8 Å². The van der Waals surface area contributed by atoms with E-state index in [2.05, 4.69) is 5.32 Å². The molecule has 0 bridgehead atoms. The Morgan fingerprint density at radius 2 is 1.81 bits per heavy atom. The zero-order valence-corrected chi connectivity index (χ0v) is 14.3. The second-order valence-corrected chi connectivity index (χ2v) is 6.08. The summed E-state index contributed by atoms with van der Waals surface area (Å²) in [6, 6.07) is 8.57. The molecule has 4 nitrogen and oxygen atoms in total. The highest BCUT2D eigenvalue weighted by atomic mass is 19.4. The van der Waals surface area contributed by atoms with Gasteiger partial charge >= 0.3 is 6.18 Å². The molecule has 1 unspecified atom stereocenters. The van der Waals surface area contributed by atoms with Gasteiger partial charge in [-0.2, -0.15) is 13.2 Å². The number of alkyl halides is 3. The first-order valence-electron chi connectivity index (χ1n) is 8.02. The van der Waals surface area contributed by atoms with Crippen LogP contribution in [-0.2, 0) is 23.9 Å². The van der Waals surface area contributed by atoms with Crippen LogP contribution in [0.1, 0.15) is 28.2 Å². The van der Waals surface area contributed by atoms with E-state index in [0.717, 1.165) is 23.3 Å². The minimum Gasteiger partial charge on any atom is -0.493 e. The van der Waals surface area contributed by atoms with Gasteiger partial charge in [0.05, 0.1) is 25.7 Å². The number of benzene rings is 2. The van der Waals surface area contributed by atoms with Crippen molar-refractivity contribution in [1.29, 1.82) is 0 Å². The number of amides is 1. The minimum absolute atomic E-state index is 0.165. The third kappa shape index (κ3) is 3.47. The Morgan fingerprint density at radius 1 is 1.12 bits per heavy atom. The van der Waals surface area contributed by atoms with Crippen molar-refractivity contribution in [2.45, 2.75) is 25.1 Å². The normalized spacial score (nSPS) is 16.7. The summed E-state index contributed by atoms with van der Waals surface area (Å²) in [4.78, 5) is 12.4. The number of halogens is 3. The molecule has 2 aromatic carbocycles. The number of ether oxygens (including phenoxy) is 2. The van der Waals surface area contributed by atoms with Crippen molar-refractivity contribution in [1.82, 2.24) is 5.32 Å². The predicted octanol–water partition coefficient (Wildman–Crippen LogP) is 3.68. The number of methoxy groups -OCH3 is 2. The lowest BCUT2D eigenvalue weighted by atomic mass is 9.85.